The summed E-state index contributed by atoms with van der Waals surface area (Å²) in [5.74, 6) is 0.762. The molecule has 0 amide bonds. The quantitative estimate of drug-likeness (QED) is 0.834. The highest BCUT2D eigenvalue weighted by molar-refractivity contribution is 5.69. The number of aryl methyl sites for hydroxylation is 1. The number of rotatable bonds is 4. The third-order valence-corrected chi connectivity index (χ3v) is 3.06. The van der Waals surface area contributed by atoms with Gasteiger partial charge in [-0.05, 0) is 37.8 Å². The van der Waals surface area contributed by atoms with Gasteiger partial charge in [0.05, 0.1) is 12.7 Å². The number of hydrogen-bond acceptors (Lipinski definition) is 4. The fourth-order valence-electron chi connectivity index (χ4n) is 2.13. The number of ether oxygens (including phenoxy) is 2. The Morgan fingerprint density at radius 2 is 2.39 bits per heavy atom. The van der Waals surface area contributed by atoms with Gasteiger partial charge < -0.3 is 14.6 Å². The Balaban J connectivity index is 1.89. The van der Waals surface area contributed by atoms with Gasteiger partial charge in [0.1, 0.15) is 11.5 Å². The molecule has 1 aliphatic heterocycles. The van der Waals surface area contributed by atoms with E-state index in [-0.39, 0.29) is 17.8 Å². The van der Waals surface area contributed by atoms with Crippen LogP contribution < -0.4 is 4.74 Å². The summed E-state index contributed by atoms with van der Waals surface area (Å²) in [6.07, 6.45) is 2.89. The molecule has 4 nitrogen and oxygen atoms in total. The van der Waals surface area contributed by atoms with Crippen LogP contribution in [-0.4, -0.2) is 23.8 Å². The number of aromatic hydroxyl groups is 1. The van der Waals surface area contributed by atoms with Gasteiger partial charge in [0.15, 0.2) is 0 Å². The van der Waals surface area contributed by atoms with Crippen LogP contribution in [0.25, 0.3) is 0 Å². The van der Waals surface area contributed by atoms with E-state index in [0.717, 1.165) is 24.2 Å². The molecule has 1 aliphatic rings. The molecule has 0 aromatic heterocycles. The monoisotopic (exact) mass is 250 g/mol. The predicted octanol–water partition coefficient (Wildman–Crippen LogP) is 2.43. The SMILES string of the molecule is CCOC(=O)CCC1CCc2ccc(O)cc2O1. The summed E-state index contributed by atoms with van der Waals surface area (Å²) in [5, 5.41) is 9.41. The van der Waals surface area contributed by atoms with E-state index in [1.807, 2.05) is 6.07 Å². The lowest BCUT2D eigenvalue weighted by Gasteiger charge is -2.26. The summed E-state index contributed by atoms with van der Waals surface area (Å²) in [4.78, 5) is 11.3. The second-order valence-electron chi connectivity index (χ2n) is 4.41. The normalized spacial score (nSPS) is 17.7. The summed E-state index contributed by atoms with van der Waals surface area (Å²) in [6, 6.07) is 5.18. The summed E-state index contributed by atoms with van der Waals surface area (Å²) >= 11 is 0. The molecule has 0 bridgehead atoms. The van der Waals surface area contributed by atoms with Crippen molar-refractivity contribution in [2.75, 3.05) is 6.61 Å². The average Bonchev–Trinajstić information content (AvgIpc) is 2.36. The summed E-state index contributed by atoms with van der Waals surface area (Å²) < 4.78 is 10.7. The lowest BCUT2D eigenvalue weighted by molar-refractivity contribution is -0.143. The van der Waals surface area contributed by atoms with Crippen LogP contribution in [0.15, 0.2) is 18.2 Å². The summed E-state index contributed by atoms with van der Waals surface area (Å²) in [7, 11) is 0. The molecular formula is C14H18O4. The molecule has 1 N–H and O–H groups in total. The van der Waals surface area contributed by atoms with Crippen LogP contribution in [0.2, 0.25) is 0 Å². The maximum atomic E-state index is 11.3. The third-order valence-electron chi connectivity index (χ3n) is 3.06. The predicted molar refractivity (Wildman–Crippen MR) is 66.7 cm³/mol. The third kappa shape index (κ3) is 3.15. The zero-order valence-electron chi connectivity index (χ0n) is 10.5. The van der Waals surface area contributed by atoms with Gasteiger partial charge in [-0.3, -0.25) is 4.79 Å². The summed E-state index contributed by atoms with van der Waals surface area (Å²) in [6.45, 7) is 2.22. The molecule has 1 heterocycles. The first-order valence-corrected chi connectivity index (χ1v) is 6.33. The van der Waals surface area contributed by atoms with E-state index in [0.29, 0.717) is 19.4 Å². The minimum atomic E-state index is -0.178. The molecule has 0 saturated heterocycles. The highest BCUT2D eigenvalue weighted by Crippen LogP contribution is 2.31. The van der Waals surface area contributed by atoms with Crippen molar-refractivity contribution in [3.8, 4) is 11.5 Å². The standard InChI is InChI=1S/C14H18O4/c1-2-17-14(16)8-7-12-6-4-10-3-5-11(15)9-13(10)18-12/h3,5,9,12,15H,2,4,6-8H2,1H3. The van der Waals surface area contributed by atoms with Crippen molar-refractivity contribution in [3.63, 3.8) is 0 Å². The van der Waals surface area contributed by atoms with E-state index < -0.39 is 0 Å². The molecule has 4 heteroatoms. The summed E-state index contributed by atoms with van der Waals surface area (Å²) in [5.41, 5.74) is 1.11. The Hall–Kier alpha value is -1.71. The number of carbonyl (C=O) groups excluding carboxylic acids is 1. The van der Waals surface area contributed by atoms with E-state index in [2.05, 4.69) is 0 Å². The Bertz CT molecular complexity index is 428. The van der Waals surface area contributed by atoms with Gasteiger partial charge in [-0.2, -0.15) is 0 Å². The van der Waals surface area contributed by atoms with Gasteiger partial charge >= 0.3 is 5.97 Å². The van der Waals surface area contributed by atoms with Crippen molar-refractivity contribution < 1.29 is 19.4 Å². The van der Waals surface area contributed by atoms with Crippen LogP contribution in [0.1, 0.15) is 31.7 Å². The zero-order chi connectivity index (χ0) is 13.0. The molecule has 0 radical (unpaired) electrons. The number of carbonyl (C=O) groups is 1. The van der Waals surface area contributed by atoms with E-state index >= 15 is 0 Å². The Labute approximate surface area is 107 Å². The fraction of sp³-hybridized carbons (Fsp3) is 0.500. The van der Waals surface area contributed by atoms with Gasteiger partial charge in [0.25, 0.3) is 0 Å². The van der Waals surface area contributed by atoms with Gasteiger partial charge in [-0.25, -0.2) is 0 Å². The van der Waals surface area contributed by atoms with Crippen LogP contribution in [-0.2, 0) is 16.0 Å². The first-order valence-electron chi connectivity index (χ1n) is 6.33. The van der Waals surface area contributed by atoms with Crippen LogP contribution in [0, 0.1) is 0 Å². The molecule has 1 unspecified atom stereocenters. The smallest absolute Gasteiger partial charge is 0.305 e. The Morgan fingerprint density at radius 3 is 3.17 bits per heavy atom. The van der Waals surface area contributed by atoms with E-state index in [9.17, 15) is 9.90 Å². The highest BCUT2D eigenvalue weighted by Gasteiger charge is 2.21. The highest BCUT2D eigenvalue weighted by atomic mass is 16.5. The number of fused-ring (bicyclic) bond motifs is 1. The van der Waals surface area contributed by atoms with Crippen molar-refractivity contribution >= 4 is 5.97 Å². The van der Waals surface area contributed by atoms with Crippen LogP contribution in [0.3, 0.4) is 0 Å². The van der Waals surface area contributed by atoms with Crippen LogP contribution in [0.4, 0.5) is 0 Å². The van der Waals surface area contributed by atoms with E-state index in [1.165, 1.54) is 0 Å². The average molecular weight is 250 g/mol. The second kappa shape index (κ2) is 5.76. The van der Waals surface area contributed by atoms with Gasteiger partial charge in [0, 0.05) is 12.5 Å². The van der Waals surface area contributed by atoms with Crippen molar-refractivity contribution in [1.82, 2.24) is 0 Å². The van der Waals surface area contributed by atoms with E-state index in [1.54, 1.807) is 19.1 Å². The molecule has 0 spiro atoms. The number of hydrogen-bond donors (Lipinski definition) is 1. The lowest BCUT2D eigenvalue weighted by atomic mass is 9.99. The van der Waals surface area contributed by atoms with Crippen molar-refractivity contribution in [2.24, 2.45) is 0 Å². The number of esters is 1. The largest absolute Gasteiger partial charge is 0.508 e. The Morgan fingerprint density at radius 1 is 1.56 bits per heavy atom. The minimum Gasteiger partial charge on any atom is -0.508 e. The van der Waals surface area contributed by atoms with E-state index in [4.69, 9.17) is 9.47 Å². The van der Waals surface area contributed by atoms with Crippen LogP contribution >= 0.6 is 0 Å². The van der Waals surface area contributed by atoms with Crippen molar-refractivity contribution in [3.05, 3.63) is 23.8 Å². The van der Waals surface area contributed by atoms with Gasteiger partial charge in [-0.15, -0.1) is 0 Å². The lowest BCUT2D eigenvalue weighted by Crippen LogP contribution is -2.23. The first-order chi connectivity index (χ1) is 8.69. The topological polar surface area (TPSA) is 55.8 Å². The van der Waals surface area contributed by atoms with Crippen molar-refractivity contribution in [1.29, 1.82) is 0 Å². The molecule has 1 aromatic carbocycles. The number of phenols is 1. The molecule has 0 aliphatic carbocycles. The second-order valence-corrected chi connectivity index (χ2v) is 4.41. The fourth-order valence-corrected chi connectivity index (χ4v) is 2.13. The molecule has 0 saturated carbocycles. The molecule has 98 valence electrons. The van der Waals surface area contributed by atoms with Crippen LogP contribution in [0.5, 0.6) is 11.5 Å². The maximum Gasteiger partial charge on any atom is 0.305 e. The molecule has 18 heavy (non-hydrogen) atoms. The van der Waals surface area contributed by atoms with Crippen molar-refractivity contribution in [2.45, 2.75) is 38.7 Å². The molecule has 0 fully saturated rings. The minimum absolute atomic E-state index is 0.0312. The Kier molecular flexibility index (Phi) is 4.07. The maximum absolute atomic E-state index is 11.3. The number of phenolic OH excluding ortho intramolecular Hbond substituents is 1. The molecule has 1 aromatic rings. The number of benzene rings is 1. The first kappa shape index (κ1) is 12.7. The molecule has 1 atom stereocenters. The van der Waals surface area contributed by atoms with Gasteiger partial charge in [0.2, 0.25) is 0 Å². The molecule has 2 rings (SSSR count). The van der Waals surface area contributed by atoms with Gasteiger partial charge in [-0.1, -0.05) is 6.07 Å². The molecular weight excluding hydrogens is 232 g/mol. The zero-order valence-corrected chi connectivity index (χ0v) is 10.5.